The Bertz CT molecular complexity index is 489. The molecule has 0 aliphatic heterocycles. The van der Waals surface area contributed by atoms with Crippen molar-refractivity contribution in [2.75, 3.05) is 6.54 Å². The first-order valence-electron chi connectivity index (χ1n) is 5.72. The van der Waals surface area contributed by atoms with Crippen LogP contribution in [-0.2, 0) is 4.79 Å². The molecule has 1 saturated carbocycles. The maximum absolute atomic E-state index is 11.9. The van der Waals surface area contributed by atoms with Crippen LogP contribution in [0.1, 0.15) is 28.8 Å². The van der Waals surface area contributed by atoms with E-state index >= 15 is 0 Å². The van der Waals surface area contributed by atoms with E-state index in [1.165, 1.54) is 0 Å². The number of hydrogen-bond donors (Lipinski definition) is 2. The molecular weight excluding hydrogens is 298 g/mol. The lowest BCUT2D eigenvalue weighted by atomic mass is 10.1. The number of carbonyl (C=O) groups is 2. The number of carboxylic acid groups (broad SMARTS) is 1. The first-order chi connectivity index (χ1) is 8.43. The van der Waals surface area contributed by atoms with Gasteiger partial charge < -0.3 is 10.4 Å². The van der Waals surface area contributed by atoms with E-state index in [9.17, 15) is 9.59 Å². The van der Waals surface area contributed by atoms with Gasteiger partial charge in [0.15, 0.2) is 0 Å². The Labute approximate surface area is 114 Å². The molecule has 96 valence electrons. The zero-order valence-electron chi connectivity index (χ0n) is 10.00. The average molecular weight is 312 g/mol. The van der Waals surface area contributed by atoms with Crippen molar-refractivity contribution >= 4 is 27.8 Å². The van der Waals surface area contributed by atoms with Gasteiger partial charge in [0.25, 0.3) is 5.91 Å². The van der Waals surface area contributed by atoms with E-state index < -0.39 is 11.4 Å². The number of aliphatic carboxylic acids is 1. The van der Waals surface area contributed by atoms with Gasteiger partial charge in [0.1, 0.15) is 0 Å². The summed E-state index contributed by atoms with van der Waals surface area (Å²) in [6, 6.07) is 5.42. The van der Waals surface area contributed by atoms with E-state index in [0.29, 0.717) is 18.4 Å². The van der Waals surface area contributed by atoms with Crippen LogP contribution in [0.15, 0.2) is 22.7 Å². The molecule has 18 heavy (non-hydrogen) atoms. The molecule has 1 aliphatic rings. The summed E-state index contributed by atoms with van der Waals surface area (Å²) in [5.74, 6) is -1.06. The molecule has 5 heteroatoms. The Hall–Kier alpha value is -1.36. The van der Waals surface area contributed by atoms with Crippen LogP contribution in [0.4, 0.5) is 0 Å². The SMILES string of the molecule is Cc1cc(Br)cc(C(=O)NCC2(C(=O)O)CC2)c1. The fraction of sp³-hybridized carbons (Fsp3) is 0.385. The summed E-state index contributed by atoms with van der Waals surface area (Å²) in [5, 5.41) is 11.7. The number of nitrogens with one attached hydrogen (secondary N) is 1. The Morgan fingerprint density at radius 3 is 2.56 bits per heavy atom. The van der Waals surface area contributed by atoms with Crippen molar-refractivity contribution in [2.45, 2.75) is 19.8 Å². The Kier molecular flexibility index (Phi) is 3.43. The van der Waals surface area contributed by atoms with Gasteiger partial charge >= 0.3 is 5.97 Å². The predicted molar refractivity (Wildman–Crippen MR) is 70.5 cm³/mol. The molecule has 1 fully saturated rings. The lowest BCUT2D eigenvalue weighted by molar-refractivity contribution is -0.143. The minimum atomic E-state index is -0.826. The van der Waals surface area contributed by atoms with Crippen molar-refractivity contribution in [2.24, 2.45) is 5.41 Å². The second-order valence-electron chi connectivity index (χ2n) is 4.79. The molecule has 0 spiro atoms. The molecule has 0 bridgehead atoms. The third-order valence-corrected chi connectivity index (χ3v) is 3.66. The molecule has 0 aromatic heterocycles. The molecule has 0 atom stereocenters. The molecule has 1 aliphatic carbocycles. The number of carbonyl (C=O) groups excluding carboxylic acids is 1. The van der Waals surface area contributed by atoms with Gasteiger partial charge in [0.2, 0.25) is 0 Å². The van der Waals surface area contributed by atoms with Crippen LogP contribution in [0.5, 0.6) is 0 Å². The number of carboxylic acids is 1. The summed E-state index contributed by atoms with van der Waals surface area (Å²) >= 11 is 3.33. The molecular formula is C13H14BrNO3. The quantitative estimate of drug-likeness (QED) is 0.897. The van der Waals surface area contributed by atoms with E-state index in [-0.39, 0.29) is 12.5 Å². The van der Waals surface area contributed by atoms with Gasteiger partial charge in [0, 0.05) is 16.6 Å². The van der Waals surface area contributed by atoms with Crippen molar-refractivity contribution in [3.8, 4) is 0 Å². The van der Waals surface area contributed by atoms with Crippen LogP contribution in [0.3, 0.4) is 0 Å². The fourth-order valence-corrected chi connectivity index (χ4v) is 2.44. The van der Waals surface area contributed by atoms with Crippen LogP contribution in [0.2, 0.25) is 0 Å². The molecule has 0 unspecified atom stereocenters. The van der Waals surface area contributed by atoms with Gasteiger partial charge in [-0.05, 0) is 43.5 Å². The van der Waals surface area contributed by atoms with E-state index in [4.69, 9.17) is 5.11 Å². The second kappa shape index (κ2) is 4.72. The predicted octanol–water partition coefficient (Wildman–Crippen LogP) is 2.35. The van der Waals surface area contributed by atoms with Crippen LogP contribution < -0.4 is 5.32 Å². The van der Waals surface area contributed by atoms with Gasteiger partial charge in [-0.3, -0.25) is 9.59 Å². The zero-order valence-corrected chi connectivity index (χ0v) is 11.6. The van der Waals surface area contributed by atoms with Crippen LogP contribution >= 0.6 is 15.9 Å². The summed E-state index contributed by atoms with van der Waals surface area (Å²) in [7, 11) is 0. The first-order valence-corrected chi connectivity index (χ1v) is 6.51. The van der Waals surface area contributed by atoms with Gasteiger partial charge in [-0.2, -0.15) is 0 Å². The number of amides is 1. The van der Waals surface area contributed by atoms with Gasteiger partial charge in [-0.15, -0.1) is 0 Å². The first kappa shape index (κ1) is 13.1. The summed E-state index contributed by atoms with van der Waals surface area (Å²) in [5.41, 5.74) is 0.799. The van der Waals surface area contributed by atoms with Crippen LogP contribution in [0.25, 0.3) is 0 Å². The number of benzene rings is 1. The lowest BCUT2D eigenvalue weighted by Gasteiger charge is -2.11. The van der Waals surface area contributed by atoms with E-state index in [2.05, 4.69) is 21.2 Å². The largest absolute Gasteiger partial charge is 0.481 e. The number of halogens is 1. The maximum Gasteiger partial charge on any atom is 0.311 e. The topological polar surface area (TPSA) is 66.4 Å². The minimum absolute atomic E-state index is 0.201. The highest BCUT2D eigenvalue weighted by molar-refractivity contribution is 9.10. The fourth-order valence-electron chi connectivity index (χ4n) is 1.84. The van der Waals surface area contributed by atoms with Crippen LogP contribution in [0, 0.1) is 12.3 Å². The molecule has 1 aromatic rings. The molecule has 0 radical (unpaired) electrons. The summed E-state index contributed by atoms with van der Waals surface area (Å²) < 4.78 is 0.840. The molecule has 1 aromatic carbocycles. The molecule has 1 amide bonds. The highest BCUT2D eigenvalue weighted by Gasteiger charge is 2.50. The van der Waals surface area contributed by atoms with E-state index in [0.717, 1.165) is 10.0 Å². The van der Waals surface area contributed by atoms with Crippen LogP contribution in [-0.4, -0.2) is 23.5 Å². The third kappa shape index (κ3) is 2.72. The van der Waals surface area contributed by atoms with Crippen molar-refractivity contribution in [1.29, 1.82) is 0 Å². The standard InChI is InChI=1S/C13H14BrNO3/c1-8-4-9(6-10(14)5-8)11(16)15-7-13(2-3-13)12(17)18/h4-6H,2-3,7H2,1H3,(H,15,16)(H,17,18). The van der Waals surface area contributed by atoms with Gasteiger partial charge in [-0.25, -0.2) is 0 Å². The molecule has 0 heterocycles. The summed E-state index contributed by atoms with van der Waals surface area (Å²) in [6.45, 7) is 2.11. The monoisotopic (exact) mass is 311 g/mol. The summed E-state index contributed by atoms with van der Waals surface area (Å²) in [4.78, 5) is 22.9. The molecule has 4 nitrogen and oxygen atoms in total. The van der Waals surface area contributed by atoms with E-state index in [1.807, 2.05) is 13.0 Å². The van der Waals surface area contributed by atoms with Crippen molar-refractivity contribution in [3.05, 3.63) is 33.8 Å². The lowest BCUT2D eigenvalue weighted by Crippen LogP contribution is -2.34. The van der Waals surface area contributed by atoms with Crippen molar-refractivity contribution in [1.82, 2.24) is 5.32 Å². The minimum Gasteiger partial charge on any atom is -0.481 e. The zero-order chi connectivity index (χ0) is 13.3. The average Bonchev–Trinajstić information content (AvgIpc) is 3.05. The second-order valence-corrected chi connectivity index (χ2v) is 5.70. The normalized spacial score (nSPS) is 16.1. The van der Waals surface area contributed by atoms with Crippen molar-refractivity contribution < 1.29 is 14.7 Å². The Morgan fingerprint density at radius 1 is 1.39 bits per heavy atom. The Morgan fingerprint density at radius 2 is 2.06 bits per heavy atom. The van der Waals surface area contributed by atoms with E-state index in [1.54, 1.807) is 12.1 Å². The molecule has 2 rings (SSSR count). The third-order valence-electron chi connectivity index (χ3n) is 3.20. The number of rotatable bonds is 4. The molecule has 2 N–H and O–H groups in total. The molecule has 0 saturated heterocycles. The summed E-state index contributed by atoms with van der Waals surface area (Å²) in [6.07, 6.45) is 1.28. The maximum atomic E-state index is 11.9. The number of hydrogen-bond acceptors (Lipinski definition) is 2. The number of aryl methyl sites for hydroxylation is 1. The smallest absolute Gasteiger partial charge is 0.311 e. The van der Waals surface area contributed by atoms with Gasteiger partial charge in [-0.1, -0.05) is 15.9 Å². The Balaban J connectivity index is 2.02. The van der Waals surface area contributed by atoms with Crippen molar-refractivity contribution in [3.63, 3.8) is 0 Å². The highest BCUT2D eigenvalue weighted by Crippen LogP contribution is 2.45. The highest BCUT2D eigenvalue weighted by atomic mass is 79.9. The van der Waals surface area contributed by atoms with Gasteiger partial charge in [0.05, 0.1) is 5.41 Å².